The number of nitriles is 1. The summed E-state index contributed by atoms with van der Waals surface area (Å²) in [4.78, 5) is 0. The summed E-state index contributed by atoms with van der Waals surface area (Å²) in [6.07, 6.45) is 0. The normalized spacial score (nSPS) is 10.0. The molecule has 0 aliphatic carbocycles. The molecule has 4 heteroatoms. The molecule has 0 unspecified atom stereocenters. The van der Waals surface area contributed by atoms with Gasteiger partial charge in [0.2, 0.25) is 0 Å². The van der Waals surface area contributed by atoms with Gasteiger partial charge in [-0.3, -0.25) is 0 Å². The maximum absolute atomic E-state index is 8.91. The fourth-order valence-corrected chi connectivity index (χ4v) is 2.97. The lowest BCUT2D eigenvalue weighted by Crippen LogP contribution is -1.90. The molecule has 0 spiro atoms. The van der Waals surface area contributed by atoms with Crippen molar-refractivity contribution in [1.29, 1.82) is 5.26 Å². The monoisotopic (exact) mass is 379 g/mol. The Kier molecular flexibility index (Phi) is 4.62. The van der Waals surface area contributed by atoms with Crippen molar-refractivity contribution < 1.29 is 4.74 Å². The quantitative estimate of drug-likeness (QED) is 0.675. The van der Waals surface area contributed by atoms with E-state index in [1.54, 1.807) is 12.1 Å². The second kappa shape index (κ2) is 6.23. The zero-order valence-electron chi connectivity index (χ0n) is 10.3. The summed E-state index contributed by atoms with van der Waals surface area (Å²) in [5.41, 5.74) is 2.76. The van der Waals surface area contributed by atoms with E-state index in [0.29, 0.717) is 11.3 Å². The van der Waals surface area contributed by atoms with Gasteiger partial charge in [-0.1, -0.05) is 44.0 Å². The van der Waals surface area contributed by atoms with Gasteiger partial charge in [-0.15, -0.1) is 0 Å². The summed E-state index contributed by atoms with van der Waals surface area (Å²) < 4.78 is 6.83. The third kappa shape index (κ3) is 3.37. The van der Waals surface area contributed by atoms with Gasteiger partial charge in [0.05, 0.1) is 11.6 Å². The van der Waals surface area contributed by atoms with E-state index in [4.69, 9.17) is 10.00 Å². The average molecular weight is 381 g/mol. The molecule has 2 rings (SSSR count). The minimum Gasteiger partial charge on any atom is -0.457 e. The maximum Gasteiger partial charge on any atom is 0.131 e. The maximum atomic E-state index is 8.91. The van der Waals surface area contributed by atoms with Crippen LogP contribution in [-0.2, 0) is 5.33 Å². The minimum atomic E-state index is 0.594. The lowest BCUT2D eigenvalue weighted by Gasteiger charge is -2.10. The molecule has 96 valence electrons. The number of hydrogen-bond donors (Lipinski definition) is 0. The van der Waals surface area contributed by atoms with E-state index in [1.165, 1.54) is 0 Å². The van der Waals surface area contributed by atoms with Crippen molar-refractivity contribution in [2.75, 3.05) is 0 Å². The summed E-state index contributed by atoms with van der Waals surface area (Å²) in [5.74, 6) is 1.45. The van der Waals surface area contributed by atoms with Crippen LogP contribution in [0.15, 0.2) is 40.9 Å². The molecule has 2 nitrogen and oxygen atoms in total. The Bertz CT molecular complexity index is 647. The molecular formula is C15H11Br2NO. The van der Waals surface area contributed by atoms with Gasteiger partial charge in [0, 0.05) is 9.80 Å². The molecule has 0 saturated heterocycles. The summed E-state index contributed by atoms with van der Waals surface area (Å²) in [7, 11) is 0. The van der Waals surface area contributed by atoms with Crippen molar-refractivity contribution in [2.45, 2.75) is 12.3 Å². The number of nitrogens with zero attached hydrogens (tertiary/aromatic N) is 1. The molecule has 0 fully saturated rings. The Labute approximate surface area is 129 Å². The van der Waals surface area contributed by atoms with E-state index in [2.05, 4.69) is 37.9 Å². The van der Waals surface area contributed by atoms with E-state index in [-0.39, 0.29) is 0 Å². The smallest absolute Gasteiger partial charge is 0.131 e. The van der Waals surface area contributed by atoms with Crippen molar-refractivity contribution >= 4 is 31.9 Å². The zero-order valence-corrected chi connectivity index (χ0v) is 13.5. The first-order chi connectivity index (χ1) is 9.13. The lowest BCUT2D eigenvalue weighted by atomic mass is 10.1. The van der Waals surface area contributed by atoms with E-state index < -0.39 is 0 Å². The Morgan fingerprint density at radius 3 is 2.63 bits per heavy atom. The molecule has 0 atom stereocenters. The lowest BCUT2D eigenvalue weighted by molar-refractivity contribution is 0.478. The topological polar surface area (TPSA) is 33.0 Å². The first-order valence-corrected chi connectivity index (χ1v) is 7.58. The van der Waals surface area contributed by atoms with Crippen LogP contribution < -0.4 is 4.74 Å². The van der Waals surface area contributed by atoms with Crippen LogP contribution in [0.2, 0.25) is 0 Å². The Balaban J connectivity index is 2.31. The highest BCUT2D eigenvalue weighted by Gasteiger charge is 2.05. The molecule has 0 aromatic heterocycles. The van der Waals surface area contributed by atoms with Crippen LogP contribution >= 0.6 is 31.9 Å². The number of halogens is 2. The first kappa shape index (κ1) is 14.1. The fourth-order valence-electron chi connectivity index (χ4n) is 1.61. The highest BCUT2D eigenvalue weighted by atomic mass is 79.9. The molecule has 0 saturated carbocycles. The van der Waals surface area contributed by atoms with E-state index in [9.17, 15) is 0 Å². The SMILES string of the molecule is Cc1ccc(C#N)cc1Oc1ccc(CBr)c(Br)c1. The first-order valence-electron chi connectivity index (χ1n) is 5.67. The van der Waals surface area contributed by atoms with Crippen LogP contribution in [0, 0.1) is 18.3 Å². The number of benzene rings is 2. The van der Waals surface area contributed by atoms with Gasteiger partial charge in [0.1, 0.15) is 11.5 Å². The van der Waals surface area contributed by atoms with Gasteiger partial charge < -0.3 is 4.74 Å². The van der Waals surface area contributed by atoms with E-state index in [1.807, 2.05) is 31.2 Å². The van der Waals surface area contributed by atoms with Crippen molar-refractivity contribution in [3.8, 4) is 17.6 Å². The number of alkyl halides is 1. The molecule has 0 heterocycles. The average Bonchev–Trinajstić information content (AvgIpc) is 2.41. The Hall–Kier alpha value is -1.31. The number of rotatable bonds is 3. The van der Waals surface area contributed by atoms with Gasteiger partial charge in [0.15, 0.2) is 0 Å². The fraction of sp³-hybridized carbons (Fsp3) is 0.133. The Morgan fingerprint density at radius 1 is 1.21 bits per heavy atom. The van der Waals surface area contributed by atoms with Crippen LogP contribution in [0.1, 0.15) is 16.7 Å². The predicted molar refractivity (Wildman–Crippen MR) is 82.7 cm³/mol. The summed E-state index contributed by atoms with van der Waals surface area (Å²) in [5, 5.41) is 9.70. The van der Waals surface area contributed by atoms with Crippen molar-refractivity contribution in [1.82, 2.24) is 0 Å². The van der Waals surface area contributed by atoms with Gasteiger partial charge in [-0.2, -0.15) is 5.26 Å². The van der Waals surface area contributed by atoms with Crippen molar-refractivity contribution in [3.05, 3.63) is 57.6 Å². The molecule has 0 N–H and O–H groups in total. The van der Waals surface area contributed by atoms with E-state index >= 15 is 0 Å². The van der Waals surface area contributed by atoms with Gasteiger partial charge >= 0.3 is 0 Å². The highest BCUT2D eigenvalue weighted by molar-refractivity contribution is 9.10. The van der Waals surface area contributed by atoms with Crippen molar-refractivity contribution in [2.24, 2.45) is 0 Å². The third-order valence-corrected chi connectivity index (χ3v) is 4.06. The molecule has 2 aromatic carbocycles. The molecule has 19 heavy (non-hydrogen) atoms. The third-order valence-electron chi connectivity index (χ3n) is 2.71. The van der Waals surface area contributed by atoms with Crippen LogP contribution in [-0.4, -0.2) is 0 Å². The zero-order chi connectivity index (χ0) is 13.8. The molecule has 0 amide bonds. The highest BCUT2D eigenvalue weighted by Crippen LogP contribution is 2.30. The molecule has 0 aliphatic rings. The summed E-state index contributed by atoms with van der Waals surface area (Å²) in [6.45, 7) is 1.96. The molecule has 0 aliphatic heterocycles. The van der Waals surface area contributed by atoms with Gasteiger partial charge in [0.25, 0.3) is 0 Å². The summed E-state index contributed by atoms with van der Waals surface area (Å²) >= 11 is 6.93. The molecular weight excluding hydrogens is 370 g/mol. The number of hydrogen-bond acceptors (Lipinski definition) is 2. The van der Waals surface area contributed by atoms with Crippen LogP contribution in [0.25, 0.3) is 0 Å². The van der Waals surface area contributed by atoms with Crippen molar-refractivity contribution in [3.63, 3.8) is 0 Å². The van der Waals surface area contributed by atoms with Gasteiger partial charge in [-0.25, -0.2) is 0 Å². The standard InChI is InChI=1S/C15H11Br2NO/c1-10-2-3-11(9-18)6-15(10)19-13-5-4-12(8-16)14(17)7-13/h2-7H,8H2,1H3. The van der Waals surface area contributed by atoms with E-state index in [0.717, 1.165) is 26.7 Å². The molecule has 0 bridgehead atoms. The van der Waals surface area contributed by atoms with Gasteiger partial charge in [-0.05, 0) is 42.3 Å². The predicted octanol–water partition coefficient (Wildman–Crippen LogP) is 5.32. The number of aryl methyl sites for hydroxylation is 1. The number of ether oxygens (including phenoxy) is 1. The second-order valence-corrected chi connectivity index (χ2v) is 5.50. The Morgan fingerprint density at radius 2 is 2.00 bits per heavy atom. The van der Waals surface area contributed by atoms with Crippen LogP contribution in [0.5, 0.6) is 11.5 Å². The molecule has 0 radical (unpaired) electrons. The van der Waals surface area contributed by atoms with Crippen LogP contribution in [0.4, 0.5) is 0 Å². The second-order valence-electron chi connectivity index (χ2n) is 4.08. The summed E-state index contributed by atoms with van der Waals surface area (Å²) in [6, 6.07) is 13.4. The largest absolute Gasteiger partial charge is 0.457 e. The van der Waals surface area contributed by atoms with Crippen LogP contribution in [0.3, 0.4) is 0 Å². The molecule has 2 aromatic rings. The minimum absolute atomic E-state index is 0.594.